The molecule has 0 aromatic heterocycles. The molecule has 0 spiro atoms. The zero-order chi connectivity index (χ0) is 9.68. The summed E-state index contributed by atoms with van der Waals surface area (Å²) in [5.74, 6) is -0.124. The predicted molar refractivity (Wildman–Crippen MR) is 57.1 cm³/mol. The van der Waals surface area contributed by atoms with Gasteiger partial charge >= 0.3 is 5.97 Å². The third kappa shape index (κ3) is 4.33. The van der Waals surface area contributed by atoms with Gasteiger partial charge in [-0.1, -0.05) is 15.9 Å². The molecule has 0 atom stereocenters. The highest BCUT2D eigenvalue weighted by Gasteiger charge is 1.98. The van der Waals surface area contributed by atoms with Gasteiger partial charge in [0.15, 0.2) is 0 Å². The maximum absolute atomic E-state index is 10.2. The Bertz CT molecular complexity index is 284. The SMILES string of the molecule is O=C(O)CCSc1ccc(Br)cc1. The van der Waals surface area contributed by atoms with Crippen LogP contribution in [-0.2, 0) is 4.79 Å². The molecule has 1 rings (SSSR count). The molecule has 0 saturated heterocycles. The number of benzene rings is 1. The molecule has 2 nitrogen and oxygen atoms in total. The Morgan fingerprint density at radius 2 is 2.00 bits per heavy atom. The Balaban J connectivity index is 2.37. The zero-order valence-electron chi connectivity index (χ0n) is 6.87. The molecule has 70 valence electrons. The molecule has 1 aromatic carbocycles. The van der Waals surface area contributed by atoms with Crippen LogP contribution in [0.15, 0.2) is 33.6 Å². The summed E-state index contributed by atoms with van der Waals surface area (Å²) in [4.78, 5) is 11.3. The summed E-state index contributed by atoms with van der Waals surface area (Å²) in [7, 11) is 0. The molecule has 1 N–H and O–H groups in total. The largest absolute Gasteiger partial charge is 0.481 e. The quantitative estimate of drug-likeness (QED) is 0.846. The van der Waals surface area contributed by atoms with Crippen molar-refractivity contribution >= 4 is 33.7 Å². The maximum atomic E-state index is 10.2. The van der Waals surface area contributed by atoms with Gasteiger partial charge in [-0.05, 0) is 24.3 Å². The van der Waals surface area contributed by atoms with Crippen molar-refractivity contribution < 1.29 is 9.90 Å². The second-order valence-corrected chi connectivity index (χ2v) is 4.53. The fourth-order valence-electron chi connectivity index (χ4n) is 0.787. The van der Waals surface area contributed by atoms with E-state index in [-0.39, 0.29) is 6.42 Å². The Morgan fingerprint density at radius 1 is 1.38 bits per heavy atom. The molecule has 0 aliphatic heterocycles. The van der Waals surface area contributed by atoms with Crippen LogP contribution in [0.1, 0.15) is 6.42 Å². The van der Waals surface area contributed by atoms with Gasteiger partial charge < -0.3 is 5.11 Å². The van der Waals surface area contributed by atoms with Crippen molar-refractivity contribution in [3.8, 4) is 0 Å². The maximum Gasteiger partial charge on any atom is 0.304 e. The van der Waals surface area contributed by atoms with Crippen LogP contribution in [0.2, 0.25) is 0 Å². The highest BCUT2D eigenvalue weighted by atomic mass is 79.9. The average Bonchev–Trinajstić information content (AvgIpc) is 2.08. The number of hydrogen-bond acceptors (Lipinski definition) is 2. The molecule has 0 amide bonds. The lowest BCUT2D eigenvalue weighted by Gasteiger charge is -1.98. The van der Waals surface area contributed by atoms with E-state index in [0.717, 1.165) is 9.37 Å². The summed E-state index contributed by atoms with van der Waals surface area (Å²) in [5, 5.41) is 8.41. The first-order valence-electron chi connectivity index (χ1n) is 3.78. The fraction of sp³-hybridized carbons (Fsp3) is 0.222. The third-order valence-electron chi connectivity index (χ3n) is 1.40. The molecular weight excluding hydrogens is 252 g/mol. The summed E-state index contributed by atoms with van der Waals surface area (Å²) in [6.07, 6.45) is 0.209. The van der Waals surface area contributed by atoms with E-state index in [1.807, 2.05) is 24.3 Å². The van der Waals surface area contributed by atoms with Gasteiger partial charge in [0, 0.05) is 15.1 Å². The van der Waals surface area contributed by atoms with Crippen molar-refractivity contribution in [1.29, 1.82) is 0 Å². The first-order chi connectivity index (χ1) is 6.18. The fourth-order valence-corrected chi connectivity index (χ4v) is 1.89. The van der Waals surface area contributed by atoms with Crippen LogP contribution < -0.4 is 0 Å². The van der Waals surface area contributed by atoms with Gasteiger partial charge in [-0.15, -0.1) is 11.8 Å². The van der Waals surface area contributed by atoms with Crippen LogP contribution in [0, 0.1) is 0 Å². The number of carboxylic acid groups (broad SMARTS) is 1. The second kappa shape index (κ2) is 5.29. The van der Waals surface area contributed by atoms with Crippen LogP contribution >= 0.6 is 27.7 Å². The number of hydrogen-bond donors (Lipinski definition) is 1. The summed E-state index contributed by atoms with van der Waals surface area (Å²) < 4.78 is 1.04. The Labute approximate surface area is 89.5 Å². The third-order valence-corrected chi connectivity index (χ3v) is 2.94. The van der Waals surface area contributed by atoms with Gasteiger partial charge in [0.25, 0.3) is 0 Å². The number of thioether (sulfide) groups is 1. The van der Waals surface area contributed by atoms with E-state index >= 15 is 0 Å². The molecule has 0 saturated carbocycles. The molecule has 13 heavy (non-hydrogen) atoms. The van der Waals surface area contributed by atoms with E-state index in [2.05, 4.69) is 15.9 Å². The van der Waals surface area contributed by atoms with Crippen LogP contribution in [0.5, 0.6) is 0 Å². The highest BCUT2D eigenvalue weighted by molar-refractivity contribution is 9.10. The van der Waals surface area contributed by atoms with Crippen molar-refractivity contribution in [2.24, 2.45) is 0 Å². The molecule has 1 aromatic rings. The van der Waals surface area contributed by atoms with Crippen LogP contribution in [0.4, 0.5) is 0 Å². The van der Waals surface area contributed by atoms with Crippen LogP contribution in [0.25, 0.3) is 0 Å². The normalized spacial score (nSPS) is 9.92. The molecule has 0 unspecified atom stereocenters. The smallest absolute Gasteiger partial charge is 0.304 e. The van der Waals surface area contributed by atoms with Crippen LogP contribution in [-0.4, -0.2) is 16.8 Å². The standard InChI is InChI=1S/C9H9BrO2S/c10-7-1-3-8(4-2-7)13-6-5-9(11)12/h1-4H,5-6H2,(H,11,12). The van der Waals surface area contributed by atoms with E-state index in [1.165, 1.54) is 0 Å². The van der Waals surface area contributed by atoms with Crippen molar-refractivity contribution in [1.82, 2.24) is 0 Å². The van der Waals surface area contributed by atoms with Gasteiger partial charge in [0.1, 0.15) is 0 Å². The Kier molecular flexibility index (Phi) is 4.32. The highest BCUT2D eigenvalue weighted by Crippen LogP contribution is 2.20. The second-order valence-electron chi connectivity index (χ2n) is 2.45. The van der Waals surface area contributed by atoms with Crippen molar-refractivity contribution in [3.05, 3.63) is 28.7 Å². The minimum atomic E-state index is -0.746. The minimum Gasteiger partial charge on any atom is -0.481 e. The van der Waals surface area contributed by atoms with Gasteiger partial charge in [-0.25, -0.2) is 0 Å². The van der Waals surface area contributed by atoms with Crippen molar-refractivity contribution in [3.63, 3.8) is 0 Å². The number of carbonyl (C=O) groups is 1. The van der Waals surface area contributed by atoms with Crippen molar-refractivity contribution in [2.45, 2.75) is 11.3 Å². The topological polar surface area (TPSA) is 37.3 Å². The molecule has 0 aliphatic rings. The monoisotopic (exact) mass is 260 g/mol. The van der Waals surface area contributed by atoms with Crippen LogP contribution in [0.3, 0.4) is 0 Å². The minimum absolute atomic E-state index is 0.209. The van der Waals surface area contributed by atoms with E-state index in [9.17, 15) is 4.79 Å². The number of halogens is 1. The lowest BCUT2D eigenvalue weighted by molar-refractivity contribution is -0.136. The predicted octanol–water partition coefficient (Wildman–Crippen LogP) is 3.02. The number of rotatable bonds is 4. The van der Waals surface area contributed by atoms with Gasteiger partial charge in [-0.2, -0.15) is 0 Å². The molecular formula is C9H9BrO2S. The molecule has 0 radical (unpaired) electrons. The lowest BCUT2D eigenvalue weighted by atomic mass is 10.4. The lowest BCUT2D eigenvalue weighted by Crippen LogP contribution is -1.95. The van der Waals surface area contributed by atoms with E-state index < -0.39 is 5.97 Å². The number of aliphatic carboxylic acids is 1. The van der Waals surface area contributed by atoms with Crippen molar-refractivity contribution in [2.75, 3.05) is 5.75 Å². The molecule has 0 fully saturated rings. The van der Waals surface area contributed by atoms with E-state index in [4.69, 9.17) is 5.11 Å². The molecule has 4 heteroatoms. The Hall–Kier alpha value is -0.480. The Morgan fingerprint density at radius 3 is 2.54 bits per heavy atom. The molecule has 0 bridgehead atoms. The summed E-state index contributed by atoms with van der Waals surface area (Å²) in [6.45, 7) is 0. The first kappa shape index (κ1) is 10.6. The van der Waals surface area contributed by atoms with E-state index in [0.29, 0.717) is 5.75 Å². The summed E-state index contributed by atoms with van der Waals surface area (Å²) in [5.41, 5.74) is 0. The first-order valence-corrected chi connectivity index (χ1v) is 5.56. The van der Waals surface area contributed by atoms with Gasteiger partial charge in [-0.3, -0.25) is 4.79 Å². The number of carboxylic acids is 1. The van der Waals surface area contributed by atoms with Gasteiger partial charge in [0.05, 0.1) is 6.42 Å². The summed E-state index contributed by atoms with van der Waals surface area (Å²) >= 11 is 4.89. The summed E-state index contributed by atoms with van der Waals surface area (Å²) in [6, 6.07) is 7.83. The van der Waals surface area contributed by atoms with Gasteiger partial charge in [0.2, 0.25) is 0 Å². The van der Waals surface area contributed by atoms with E-state index in [1.54, 1.807) is 11.8 Å². The molecule has 0 heterocycles. The molecule has 0 aliphatic carbocycles. The average molecular weight is 261 g/mol. The zero-order valence-corrected chi connectivity index (χ0v) is 9.27.